The number of hydrogen-bond acceptors (Lipinski definition) is 3. The third-order valence-corrected chi connectivity index (χ3v) is 4.20. The average Bonchev–Trinajstić information content (AvgIpc) is 2.67. The van der Waals surface area contributed by atoms with Crippen LogP contribution in [0.1, 0.15) is 30.4 Å². The van der Waals surface area contributed by atoms with Gasteiger partial charge in [0.15, 0.2) is 0 Å². The van der Waals surface area contributed by atoms with E-state index in [1.54, 1.807) is 6.07 Å². The second-order valence-electron chi connectivity index (χ2n) is 6.10. The topological polar surface area (TPSA) is 62.1 Å². The van der Waals surface area contributed by atoms with Crippen LogP contribution in [0.5, 0.6) is 5.75 Å². The van der Waals surface area contributed by atoms with Gasteiger partial charge >= 0.3 is 0 Å². The summed E-state index contributed by atoms with van der Waals surface area (Å²) < 4.78 is 5.79. The number of anilines is 1. The van der Waals surface area contributed by atoms with Crippen molar-refractivity contribution in [3.05, 3.63) is 71.8 Å². The van der Waals surface area contributed by atoms with Gasteiger partial charge in [0.2, 0.25) is 5.91 Å². The van der Waals surface area contributed by atoms with Gasteiger partial charge in [0.25, 0.3) is 0 Å². The molecule has 3 rings (SSSR count). The Kier molecular flexibility index (Phi) is 5.48. The zero-order valence-corrected chi connectivity index (χ0v) is 13.9. The van der Waals surface area contributed by atoms with Gasteiger partial charge in [-0.05, 0) is 49.1 Å². The minimum absolute atomic E-state index is 0.0447. The molecule has 0 saturated heterocycles. The molecule has 0 aromatic heterocycles. The lowest BCUT2D eigenvalue weighted by Gasteiger charge is -2.17. The van der Waals surface area contributed by atoms with E-state index in [1.807, 2.05) is 42.5 Å². The third kappa shape index (κ3) is 4.71. The lowest BCUT2D eigenvalue weighted by molar-refractivity contribution is -0.120. The van der Waals surface area contributed by atoms with Crippen molar-refractivity contribution in [3.63, 3.8) is 0 Å². The molecule has 1 amide bonds. The fourth-order valence-corrected chi connectivity index (χ4v) is 2.84. The molecule has 0 saturated carbocycles. The van der Waals surface area contributed by atoms with Gasteiger partial charge in [-0.15, -0.1) is 0 Å². The summed E-state index contributed by atoms with van der Waals surface area (Å²) in [7, 11) is 0. The number of carbonyl (C=O) groups is 1. The standard InChI is InChI=1S/C21H20N2O2/c22-14-16-6-4-7-17(12-16)15-25-20-11-5-10-19(13-20)23-21(24)18-8-2-1-3-9-18/h1-2,4-7,10-13,18H,3,8-9,15H2,(H,23,24). The molecule has 1 aliphatic carbocycles. The highest BCUT2D eigenvalue weighted by Gasteiger charge is 2.18. The molecule has 0 heterocycles. The second-order valence-corrected chi connectivity index (χ2v) is 6.10. The number of rotatable bonds is 5. The molecule has 1 atom stereocenters. The zero-order chi connectivity index (χ0) is 17.5. The quantitative estimate of drug-likeness (QED) is 0.824. The minimum Gasteiger partial charge on any atom is -0.489 e. The van der Waals surface area contributed by atoms with Gasteiger partial charge < -0.3 is 10.1 Å². The van der Waals surface area contributed by atoms with Crippen molar-refractivity contribution in [1.29, 1.82) is 5.26 Å². The van der Waals surface area contributed by atoms with Gasteiger partial charge in [-0.1, -0.05) is 30.4 Å². The van der Waals surface area contributed by atoms with Crippen molar-refractivity contribution < 1.29 is 9.53 Å². The van der Waals surface area contributed by atoms with Crippen molar-refractivity contribution >= 4 is 11.6 Å². The maximum absolute atomic E-state index is 12.3. The molecule has 1 N–H and O–H groups in total. The highest BCUT2D eigenvalue weighted by molar-refractivity contribution is 5.92. The van der Waals surface area contributed by atoms with Crippen LogP contribution in [-0.2, 0) is 11.4 Å². The molecular formula is C21H20N2O2. The smallest absolute Gasteiger partial charge is 0.227 e. The number of nitriles is 1. The number of carbonyl (C=O) groups excluding carboxylic acids is 1. The van der Waals surface area contributed by atoms with E-state index in [1.165, 1.54) is 0 Å². The van der Waals surface area contributed by atoms with Crippen molar-refractivity contribution in [2.24, 2.45) is 5.92 Å². The Balaban J connectivity index is 1.60. The van der Waals surface area contributed by atoms with Crippen LogP contribution in [0.25, 0.3) is 0 Å². The summed E-state index contributed by atoms with van der Waals surface area (Å²) in [5.74, 6) is 0.787. The monoisotopic (exact) mass is 332 g/mol. The van der Waals surface area contributed by atoms with E-state index in [0.29, 0.717) is 17.9 Å². The first-order chi connectivity index (χ1) is 12.2. The summed E-state index contributed by atoms with van der Waals surface area (Å²) in [6.45, 7) is 0.375. The summed E-state index contributed by atoms with van der Waals surface area (Å²) >= 11 is 0. The molecule has 0 bridgehead atoms. The lowest BCUT2D eigenvalue weighted by Crippen LogP contribution is -2.23. The molecule has 1 unspecified atom stereocenters. The predicted octanol–water partition coefficient (Wildman–Crippen LogP) is 4.43. The molecule has 0 aliphatic heterocycles. The van der Waals surface area contributed by atoms with Crippen LogP contribution in [0.3, 0.4) is 0 Å². The number of ether oxygens (including phenoxy) is 1. The number of benzene rings is 2. The summed E-state index contributed by atoms with van der Waals surface area (Å²) in [4.78, 5) is 12.3. The average molecular weight is 332 g/mol. The van der Waals surface area contributed by atoms with E-state index in [-0.39, 0.29) is 11.8 Å². The van der Waals surface area contributed by atoms with Gasteiger partial charge in [-0.2, -0.15) is 5.26 Å². The van der Waals surface area contributed by atoms with Gasteiger partial charge in [-0.3, -0.25) is 4.79 Å². The minimum atomic E-state index is 0.0447. The Morgan fingerprint density at radius 2 is 2.08 bits per heavy atom. The number of amides is 1. The predicted molar refractivity (Wildman–Crippen MR) is 97.0 cm³/mol. The Morgan fingerprint density at radius 1 is 1.20 bits per heavy atom. The first kappa shape index (κ1) is 16.8. The van der Waals surface area contributed by atoms with E-state index in [4.69, 9.17) is 10.00 Å². The van der Waals surface area contributed by atoms with E-state index in [9.17, 15) is 4.79 Å². The van der Waals surface area contributed by atoms with Crippen molar-refractivity contribution in [1.82, 2.24) is 0 Å². The normalized spacial score (nSPS) is 16.0. The molecule has 25 heavy (non-hydrogen) atoms. The molecule has 2 aromatic rings. The van der Waals surface area contributed by atoms with Crippen molar-refractivity contribution in [2.45, 2.75) is 25.9 Å². The van der Waals surface area contributed by atoms with Gasteiger partial charge in [0.1, 0.15) is 12.4 Å². The highest BCUT2D eigenvalue weighted by atomic mass is 16.5. The van der Waals surface area contributed by atoms with Crippen molar-refractivity contribution in [3.8, 4) is 11.8 Å². The molecule has 0 radical (unpaired) electrons. The Morgan fingerprint density at radius 3 is 2.88 bits per heavy atom. The first-order valence-corrected chi connectivity index (χ1v) is 8.42. The number of nitrogens with one attached hydrogen (secondary N) is 1. The van der Waals surface area contributed by atoms with Crippen LogP contribution in [0.2, 0.25) is 0 Å². The van der Waals surface area contributed by atoms with E-state index in [2.05, 4.69) is 23.5 Å². The lowest BCUT2D eigenvalue weighted by atomic mass is 9.93. The number of hydrogen-bond donors (Lipinski definition) is 1. The molecular weight excluding hydrogens is 312 g/mol. The van der Waals surface area contributed by atoms with Crippen LogP contribution in [-0.4, -0.2) is 5.91 Å². The fraction of sp³-hybridized carbons (Fsp3) is 0.238. The van der Waals surface area contributed by atoms with Crippen LogP contribution in [0.4, 0.5) is 5.69 Å². The summed E-state index contributed by atoms with van der Waals surface area (Å²) in [5, 5.41) is 11.9. The largest absolute Gasteiger partial charge is 0.489 e. The molecule has 126 valence electrons. The van der Waals surface area contributed by atoms with Crippen LogP contribution in [0.15, 0.2) is 60.7 Å². The van der Waals surface area contributed by atoms with Crippen LogP contribution >= 0.6 is 0 Å². The van der Waals surface area contributed by atoms with Gasteiger partial charge in [0, 0.05) is 17.7 Å². The van der Waals surface area contributed by atoms with E-state index >= 15 is 0 Å². The summed E-state index contributed by atoms with van der Waals surface area (Å²) in [6.07, 6.45) is 6.86. The van der Waals surface area contributed by atoms with E-state index in [0.717, 1.165) is 30.5 Å². The molecule has 4 nitrogen and oxygen atoms in total. The summed E-state index contributed by atoms with van der Waals surface area (Å²) in [5.41, 5.74) is 2.29. The first-order valence-electron chi connectivity index (χ1n) is 8.42. The molecule has 4 heteroatoms. The van der Waals surface area contributed by atoms with Crippen LogP contribution in [0, 0.1) is 17.2 Å². The highest BCUT2D eigenvalue weighted by Crippen LogP contribution is 2.23. The Labute approximate surface area is 147 Å². The third-order valence-electron chi connectivity index (χ3n) is 4.20. The Bertz CT molecular complexity index is 821. The molecule has 0 spiro atoms. The van der Waals surface area contributed by atoms with Crippen molar-refractivity contribution in [2.75, 3.05) is 5.32 Å². The second kappa shape index (κ2) is 8.16. The molecule has 2 aromatic carbocycles. The molecule has 1 aliphatic rings. The maximum Gasteiger partial charge on any atom is 0.227 e. The maximum atomic E-state index is 12.3. The molecule has 0 fully saturated rings. The number of nitrogens with zero attached hydrogens (tertiary/aromatic N) is 1. The zero-order valence-electron chi connectivity index (χ0n) is 13.9. The van der Waals surface area contributed by atoms with E-state index < -0.39 is 0 Å². The van der Waals surface area contributed by atoms with Gasteiger partial charge in [0.05, 0.1) is 11.6 Å². The SMILES string of the molecule is N#Cc1cccc(COc2cccc(NC(=O)C3CC=CCC3)c2)c1. The summed E-state index contributed by atoms with van der Waals surface area (Å²) in [6, 6.07) is 16.8. The Hall–Kier alpha value is -3.06. The van der Waals surface area contributed by atoms with Crippen LogP contribution < -0.4 is 10.1 Å². The fourth-order valence-electron chi connectivity index (χ4n) is 2.84. The van der Waals surface area contributed by atoms with Gasteiger partial charge in [-0.25, -0.2) is 0 Å². The number of allylic oxidation sites excluding steroid dienone is 2.